The Bertz CT molecular complexity index is 587. The second-order valence-electron chi connectivity index (χ2n) is 4.74. The Morgan fingerprint density at radius 2 is 1.52 bits per heavy atom. The van der Waals surface area contributed by atoms with Crippen LogP contribution in [0.15, 0.2) is 36.4 Å². The van der Waals surface area contributed by atoms with Gasteiger partial charge in [0.25, 0.3) is 0 Å². The van der Waals surface area contributed by atoms with E-state index in [9.17, 15) is 17.6 Å². The molecule has 1 atom stereocenters. The lowest BCUT2D eigenvalue weighted by Gasteiger charge is -2.19. The van der Waals surface area contributed by atoms with Crippen LogP contribution in [-0.2, 0) is 6.42 Å². The van der Waals surface area contributed by atoms with E-state index in [1.807, 2.05) is 6.92 Å². The molecule has 5 heteroatoms. The van der Waals surface area contributed by atoms with Crippen LogP contribution in [0, 0.1) is 23.3 Å². The van der Waals surface area contributed by atoms with E-state index in [2.05, 4.69) is 5.32 Å². The fraction of sp³-hybridized carbons (Fsp3) is 0.250. The van der Waals surface area contributed by atoms with Crippen LogP contribution in [0.25, 0.3) is 0 Å². The van der Waals surface area contributed by atoms with Gasteiger partial charge in [0.05, 0.1) is 0 Å². The van der Waals surface area contributed by atoms with Crippen molar-refractivity contribution >= 4 is 0 Å². The van der Waals surface area contributed by atoms with Gasteiger partial charge in [-0.15, -0.1) is 0 Å². The van der Waals surface area contributed by atoms with Gasteiger partial charge in [0.15, 0.2) is 17.5 Å². The predicted octanol–water partition coefficient (Wildman–Crippen LogP) is 4.14. The molecule has 21 heavy (non-hydrogen) atoms. The van der Waals surface area contributed by atoms with Gasteiger partial charge < -0.3 is 5.32 Å². The smallest absolute Gasteiger partial charge is 0.194 e. The minimum Gasteiger partial charge on any atom is -0.310 e. The molecule has 1 nitrogen and oxygen atoms in total. The standard InChI is InChI=1S/C16H15F4N/c1-2-21-15(7-10-3-5-12(17)6-4-10)11-8-13(18)16(20)14(19)9-11/h3-6,8-9,15,21H,2,7H2,1H3. The average molecular weight is 297 g/mol. The first-order valence-electron chi connectivity index (χ1n) is 6.63. The molecule has 0 fully saturated rings. The SMILES string of the molecule is CCNC(Cc1ccc(F)cc1)c1cc(F)c(F)c(F)c1. The van der Waals surface area contributed by atoms with Crippen LogP contribution in [-0.4, -0.2) is 6.54 Å². The number of hydrogen-bond donors (Lipinski definition) is 1. The Balaban J connectivity index is 2.28. The number of benzene rings is 2. The van der Waals surface area contributed by atoms with E-state index in [1.54, 1.807) is 12.1 Å². The summed E-state index contributed by atoms with van der Waals surface area (Å²) >= 11 is 0. The normalized spacial score (nSPS) is 12.4. The molecular formula is C16H15F4N. The minimum absolute atomic E-state index is 0.317. The summed E-state index contributed by atoms with van der Waals surface area (Å²) in [6.07, 6.45) is 0.415. The summed E-state index contributed by atoms with van der Waals surface area (Å²) in [5.41, 5.74) is 1.13. The Morgan fingerprint density at radius 3 is 2.05 bits per heavy atom. The predicted molar refractivity (Wildman–Crippen MR) is 72.8 cm³/mol. The first kappa shape index (κ1) is 15.5. The van der Waals surface area contributed by atoms with Crippen LogP contribution in [0.4, 0.5) is 17.6 Å². The van der Waals surface area contributed by atoms with Crippen molar-refractivity contribution in [1.29, 1.82) is 0 Å². The van der Waals surface area contributed by atoms with Crippen molar-refractivity contribution in [2.45, 2.75) is 19.4 Å². The maximum absolute atomic E-state index is 13.3. The van der Waals surface area contributed by atoms with E-state index in [1.165, 1.54) is 12.1 Å². The zero-order chi connectivity index (χ0) is 15.4. The molecular weight excluding hydrogens is 282 g/mol. The van der Waals surface area contributed by atoms with E-state index in [0.29, 0.717) is 18.5 Å². The lowest BCUT2D eigenvalue weighted by atomic mass is 9.98. The highest BCUT2D eigenvalue weighted by molar-refractivity contribution is 5.26. The molecule has 2 aromatic rings. The summed E-state index contributed by atoms with van der Waals surface area (Å²) in [5, 5.41) is 3.09. The van der Waals surface area contributed by atoms with Gasteiger partial charge in [0.2, 0.25) is 0 Å². The first-order valence-corrected chi connectivity index (χ1v) is 6.63. The van der Waals surface area contributed by atoms with Gasteiger partial charge in [0.1, 0.15) is 5.82 Å². The fourth-order valence-electron chi connectivity index (χ4n) is 2.19. The van der Waals surface area contributed by atoms with Gasteiger partial charge >= 0.3 is 0 Å². The molecule has 1 unspecified atom stereocenters. The Labute approximate surface area is 120 Å². The minimum atomic E-state index is -1.48. The van der Waals surface area contributed by atoms with Gasteiger partial charge in [0, 0.05) is 6.04 Å². The van der Waals surface area contributed by atoms with Gasteiger partial charge in [-0.05, 0) is 48.4 Å². The van der Waals surface area contributed by atoms with E-state index in [4.69, 9.17) is 0 Å². The van der Waals surface area contributed by atoms with Crippen molar-refractivity contribution in [2.75, 3.05) is 6.54 Å². The average Bonchev–Trinajstić information content (AvgIpc) is 2.46. The third-order valence-electron chi connectivity index (χ3n) is 3.21. The quantitative estimate of drug-likeness (QED) is 0.646. The molecule has 0 aliphatic rings. The Hall–Kier alpha value is -1.88. The van der Waals surface area contributed by atoms with Crippen LogP contribution in [0.5, 0.6) is 0 Å². The van der Waals surface area contributed by atoms with Gasteiger partial charge in [-0.2, -0.15) is 0 Å². The molecule has 2 aromatic carbocycles. The molecule has 0 bridgehead atoms. The van der Waals surface area contributed by atoms with Crippen LogP contribution in [0.1, 0.15) is 24.1 Å². The second-order valence-corrected chi connectivity index (χ2v) is 4.74. The molecule has 2 rings (SSSR count). The van der Waals surface area contributed by atoms with E-state index in [-0.39, 0.29) is 11.9 Å². The molecule has 0 aromatic heterocycles. The maximum Gasteiger partial charge on any atom is 0.194 e. The van der Waals surface area contributed by atoms with Crippen LogP contribution in [0.2, 0.25) is 0 Å². The van der Waals surface area contributed by atoms with Crippen molar-refractivity contribution in [2.24, 2.45) is 0 Å². The monoisotopic (exact) mass is 297 g/mol. The zero-order valence-corrected chi connectivity index (χ0v) is 11.5. The molecule has 112 valence electrons. The van der Waals surface area contributed by atoms with Crippen LogP contribution >= 0.6 is 0 Å². The molecule has 0 aliphatic carbocycles. The summed E-state index contributed by atoms with van der Waals surface area (Å²) in [5.74, 6) is -4.26. The van der Waals surface area contributed by atoms with Crippen molar-refractivity contribution < 1.29 is 17.6 Å². The van der Waals surface area contributed by atoms with Crippen molar-refractivity contribution in [1.82, 2.24) is 5.32 Å². The third kappa shape index (κ3) is 3.82. The largest absolute Gasteiger partial charge is 0.310 e. The summed E-state index contributed by atoms with van der Waals surface area (Å²) < 4.78 is 52.6. The molecule has 1 N–H and O–H groups in total. The van der Waals surface area contributed by atoms with Crippen LogP contribution < -0.4 is 5.32 Å². The lowest BCUT2D eigenvalue weighted by molar-refractivity contribution is 0.439. The lowest BCUT2D eigenvalue weighted by Crippen LogP contribution is -2.23. The molecule has 0 aliphatic heterocycles. The molecule has 0 saturated carbocycles. The number of rotatable bonds is 5. The Morgan fingerprint density at radius 1 is 0.952 bits per heavy atom. The van der Waals surface area contributed by atoms with E-state index in [0.717, 1.165) is 17.7 Å². The summed E-state index contributed by atoms with van der Waals surface area (Å²) in [6.45, 7) is 2.43. The number of likely N-dealkylation sites (N-methyl/N-ethyl adjacent to an activating group) is 1. The third-order valence-corrected chi connectivity index (χ3v) is 3.21. The molecule has 0 spiro atoms. The van der Waals surface area contributed by atoms with Gasteiger partial charge in [-0.25, -0.2) is 17.6 Å². The van der Waals surface area contributed by atoms with Gasteiger partial charge in [-0.3, -0.25) is 0 Å². The molecule has 0 amide bonds. The van der Waals surface area contributed by atoms with Crippen LogP contribution in [0.3, 0.4) is 0 Å². The first-order chi connectivity index (χ1) is 10.0. The van der Waals surface area contributed by atoms with E-state index < -0.39 is 17.5 Å². The second kappa shape index (κ2) is 6.72. The maximum atomic E-state index is 13.3. The summed E-state index contributed by atoms with van der Waals surface area (Å²) in [4.78, 5) is 0. The topological polar surface area (TPSA) is 12.0 Å². The number of nitrogens with one attached hydrogen (secondary N) is 1. The van der Waals surface area contributed by atoms with Crippen molar-refractivity contribution in [3.63, 3.8) is 0 Å². The highest BCUT2D eigenvalue weighted by Crippen LogP contribution is 2.22. The van der Waals surface area contributed by atoms with Gasteiger partial charge in [-0.1, -0.05) is 19.1 Å². The number of halogens is 4. The molecule has 0 saturated heterocycles. The highest BCUT2D eigenvalue weighted by Gasteiger charge is 2.17. The summed E-state index contributed by atoms with van der Waals surface area (Å²) in [6, 6.07) is 7.44. The van der Waals surface area contributed by atoms with Crippen molar-refractivity contribution in [3.05, 3.63) is 70.8 Å². The summed E-state index contributed by atoms with van der Waals surface area (Å²) in [7, 11) is 0. The fourth-order valence-corrected chi connectivity index (χ4v) is 2.19. The Kier molecular flexibility index (Phi) is 4.96. The van der Waals surface area contributed by atoms with E-state index >= 15 is 0 Å². The molecule has 0 heterocycles. The highest BCUT2D eigenvalue weighted by atomic mass is 19.2. The number of hydrogen-bond acceptors (Lipinski definition) is 1. The zero-order valence-electron chi connectivity index (χ0n) is 11.5. The van der Waals surface area contributed by atoms with Crippen molar-refractivity contribution in [3.8, 4) is 0 Å². The molecule has 0 radical (unpaired) electrons.